The number of benzene rings is 1. The fourth-order valence-corrected chi connectivity index (χ4v) is 3.00. The molecule has 2 unspecified atom stereocenters. The smallest absolute Gasteiger partial charge is 0.324 e. The van der Waals surface area contributed by atoms with E-state index in [1.165, 1.54) is 0 Å². The molecule has 0 aliphatic heterocycles. The highest BCUT2D eigenvalue weighted by atomic mass is 16.5. The number of aliphatic carboxylic acids is 1. The van der Waals surface area contributed by atoms with Gasteiger partial charge in [0.1, 0.15) is 11.6 Å². The molecule has 3 rings (SSSR count). The maximum Gasteiger partial charge on any atom is 0.324 e. The predicted octanol–water partition coefficient (Wildman–Crippen LogP) is 2.20. The zero-order chi connectivity index (χ0) is 14.9. The molecule has 0 saturated heterocycles. The Morgan fingerprint density at radius 3 is 2.62 bits per heavy atom. The minimum Gasteiger partial charge on any atom is -0.493 e. The summed E-state index contributed by atoms with van der Waals surface area (Å²) >= 11 is 0. The molecule has 1 aromatic carbocycles. The van der Waals surface area contributed by atoms with Gasteiger partial charge in [-0.05, 0) is 37.8 Å². The topological polar surface area (TPSA) is 67.8 Å². The summed E-state index contributed by atoms with van der Waals surface area (Å²) in [5, 5.41) is 12.9. The fourth-order valence-electron chi connectivity index (χ4n) is 3.00. The van der Waals surface area contributed by atoms with Crippen molar-refractivity contribution < 1.29 is 19.4 Å². The molecule has 21 heavy (non-hydrogen) atoms. The summed E-state index contributed by atoms with van der Waals surface area (Å²) < 4.78 is 11.2. The van der Waals surface area contributed by atoms with Crippen LogP contribution >= 0.6 is 0 Å². The van der Waals surface area contributed by atoms with Crippen molar-refractivity contribution in [1.29, 1.82) is 0 Å². The van der Waals surface area contributed by atoms with E-state index in [1.807, 2.05) is 24.3 Å². The average molecular weight is 291 g/mol. The molecule has 114 valence electrons. The number of ether oxygens (including phenoxy) is 2. The Labute approximate surface area is 124 Å². The van der Waals surface area contributed by atoms with E-state index < -0.39 is 11.5 Å². The number of carboxylic acids is 1. The van der Waals surface area contributed by atoms with E-state index in [2.05, 4.69) is 5.32 Å². The van der Waals surface area contributed by atoms with Gasteiger partial charge in [0.05, 0.1) is 7.11 Å². The summed E-state index contributed by atoms with van der Waals surface area (Å²) in [6, 6.07) is 7.84. The van der Waals surface area contributed by atoms with Crippen molar-refractivity contribution >= 4 is 5.97 Å². The minimum absolute atomic E-state index is 0.0938. The van der Waals surface area contributed by atoms with Crippen LogP contribution in [0.15, 0.2) is 24.3 Å². The van der Waals surface area contributed by atoms with Gasteiger partial charge in [-0.25, -0.2) is 0 Å². The monoisotopic (exact) mass is 291 g/mol. The van der Waals surface area contributed by atoms with Crippen LogP contribution in [0.4, 0.5) is 0 Å². The molecule has 1 aromatic rings. The summed E-state index contributed by atoms with van der Waals surface area (Å²) in [6.07, 6.45) is 3.91. The normalized spacial score (nSPS) is 28.3. The van der Waals surface area contributed by atoms with E-state index in [0.29, 0.717) is 30.4 Å². The highest BCUT2D eigenvalue weighted by molar-refractivity contribution is 5.79. The SMILES string of the molecule is COc1ccccc1OC1CCC(NC2CC2)(C(=O)O)C1. The number of nitrogens with one attached hydrogen (secondary N) is 1. The van der Waals surface area contributed by atoms with E-state index in [0.717, 1.165) is 19.3 Å². The number of hydrogen-bond acceptors (Lipinski definition) is 4. The minimum atomic E-state index is -0.826. The highest BCUT2D eigenvalue weighted by Gasteiger charge is 2.49. The molecule has 2 fully saturated rings. The largest absolute Gasteiger partial charge is 0.493 e. The second-order valence-corrected chi connectivity index (χ2v) is 5.94. The summed E-state index contributed by atoms with van der Waals surface area (Å²) in [6.45, 7) is 0. The van der Waals surface area contributed by atoms with E-state index >= 15 is 0 Å². The summed E-state index contributed by atoms with van der Waals surface area (Å²) in [4.78, 5) is 11.7. The third kappa shape index (κ3) is 2.97. The van der Waals surface area contributed by atoms with Gasteiger partial charge in [-0.2, -0.15) is 0 Å². The molecular weight excluding hydrogens is 270 g/mol. The highest BCUT2D eigenvalue weighted by Crippen LogP contribution is 2.38. The first-order chi connectivity index (χ1) is 10.1. The lowest BCUT2D eigenvalue weighted by molar-refractivity contribution is -0.145. The van der Waals surface area contributed by atoms with Crippen molar-refractivity contribution in [3.05, 3.63) is 24.3 Å². The maximum atomic E-state index is 11.7. The summed E-state index contributed by atoms with van der Waals surface area (Å²) in [5.41, 5.74) is -0.826. The van der Waals surface area contributed by atoms with Crippen LogP contribution in [0.2, 0.25) is 0 Å². The number of rotatable bonds is 6. The van der Waals surface area contributed by atoms with Gasteiger partial charge in [0, 0.05) is 12.5 Å². The molecule has 2 saturated carbocycles. The molecule has 2 aliphatic carbocycles. The summed E-state index contributed by atoms with van der Waals surface area (Å²) in [7, 11) is 1.60. The molecular formula is C16H21NO4. The number of carbonyl (C=O) groups is 1. The van der Waals surface area contributed by atoms with Gasteiger partial charge in [-0.15, -0.1) is 0 Å². The van der Waals surface area contributed by atoms with Crippen molar-refractivity contribution in [3.63, 3.8) is 0 Å². The van der Waals surface area contributed by atoms with Crippen LogP contribution in [0.5, 0.6) is 11.5 Å². The van der Waals surface area contributed by atoms with Crippen LogP contribution in [-0.4, -0.2) is 35.9 Å². The number of methoxy groups -OCH3 is 1. The molecule has 0 heterocycles. The lowest BCUT2D eigenvalue weighted by Crippen LogP contribution is -2.51. The number of carboxylic acid groups (broad SMARTS) is 1. The zero-order valence-corrected chi connectivity index (χ0v) is 12.2. The molecule has 2 aliphatic rings. The average Bonchev–Trinajstić information content (AvgIpc) is 3.19. The van der Waals surface area contributed by atoms with Gasteiger partial charge in [0.25, 0.3) is 0 Å². The first-order valence-electron chi connectivity index (χ1n) is 7.44. The fraction of sp³-hybridized carbons (Fsp3) is 0.562. The third-order valence-electron chi connectivity index (χ3n) is 4.30. The van der Waals surface area contributed by atoms with Crippen molar-refractivity contribution in [2.24, 2.45) is 0 Å². The Bertz CT molecular complexity index is 529. The Morgan fingerprint density at radius 1 is 1.29 bits per heavy atom. The van der Waals surface area contributed by atoms with E-state index in [1.54, 1.807) is 7.11 Å². The Kier molecular flexibility index (Phi) is 3.76. The van der Waals surface area contributed by atoms with Gasteiger partial charge in [-0.3, -0.25) is 10.1 Å². The van der Waals surface area contributed by atoms with Crippen molar-refractivity contribution in [1.82, 2.24) is 5.32 Å². The zero-order valence-electron chi connectivity index (χ0n) is 12.2. The number of para-hydroxylation sites is 2. The Balaban J connectivity index is 1.69. The predicted molar refractivity (Wildman–Crippen MR) is 77.8 cm³/mol. The molecule has 0 bridgehead atoms. The molecule has 2 N–H and O–H groups in total. The molecule has 5 heteroatoms. The van der Waals surface area contributed by atoms with Crippen LogP contribution in [0.1, 0.15) is 32.1 Å². The van der Waals surface area contributed by atoms with Gasteiger partial charge < -0.3 is 14.6 Å². The van der Waals surface area contributed by atoms with E-state index in [9.17, 15) is 9.90 Å². The first-order valence-corrected chi connectivity index (χ1v) is 7.44. The molecule has 0 amide bonds. The molecule has 0 spiro atoms. The van der Waals surface area contributed by atoms with Crippen molar-refractivity contribution in [2.75, 3.05) is 7.11 Å². The second kappa shape index (κ2) is 5.56. The second-order valence-electron chi connectivity index (χ2n) is 5.94. The number of hydrogen-bond donors (Lipinski definition) is 2. The Morgan fingerprint density at radius 2 is 2.00 bits per heavy atom. The van der Waals surface area contributed by atoms with Gasteiger partial charge in [-0.1, -0.05) is 12.1 Å². The van der Waals surface area contributed by atoms with Crippen molar-refractivity contribution in [2.45, 2.75) is 49.8 Å². The molecule has 2 atom stereocenters. The van der Waals surface area contributed by atoms with Crippen LogP contribution in [0, 0.1) is 0 Å². The van der Waals surface area contributed by atoms with Crippen LogP contribution in [0.25, 0.3) is 0 Å². The quantitative estimate of drug-likeness (QED) is 0.841. The van der Waals surface area contributed by atoms with Gasteiger partial charge in [0.15, 0.2) is 11.5 Å². The van der Waals surface area contributed by atoms with Crippen LogP contribution in [0.3, 0.4) is 0 Å². The molecule has 0 radical (unpaired) electrons. The van der Waals surface area contributed by atoms with Gasteiger partial charge in [0.2, 0.25) is 0 Å². The van der Waals surface area contributed by atoms with Crippen molar-refractivity contribution in [3.8, 4) is 11.5 Å². The first kappa shape index (κ1) is 14.2. The van der Waals surface area contributed by atoms with E-state index in [-0.39, 0.29) is 6.10 Å². The van der Waals surface area contributed by atoms with Crippen LogP contribution < -0.4 is 14.8 Å². The van der Waals surface area contributed by atoms with Gasteiger partial charge >= 0.3 is 5.97 Å². The third-order valence-corrected chi connectivity index (χ3v) is 4.30. The van der Waals surface area contributed by atoms with E-state index in [4.69, 9.17) is 9.47 Å². The Hall–Kier alpha value is -1.75. The summed E-state index contributed by atoms with van der Waals surface area (Å²) in [5.74, 6) is 0.596. The standard InChI is InChI=1S/C16H21NO4/c1-20-13-4-2-3-5-14(13)21-12-8-9-16(10-12,15(18)19)17-11-6-7-11/h2-5,11-12,17H,6-10H2,1H3,(H,18,19). The molecule has 5 nitrogen and oxygen atoms in total. The lowest BCUT2D eigenvalue weighted by atomic mass is 9.97. The maximum absolute atomic E-state index is 11.7. The molecule has 0 aromatic heterocycles. The lowest BCUT2D eigenvalue weighted by Gasteiger charge is -2.26. The van der Waals surface area contributed by atoms with Crippen LogP contribution in [-0.2, 0) is 4.79 Å².